The minimum atomic E-state index is -3.58. The smallest absolute Gasteiger partial charge is 0.252 e. The predicted molar refractivity (Wildman–Crippen MR) is 120 cm³/mol. The van der Waals surface area contributed by atoms with Gasteiger partial charge < -0.3 is 10.1 Å². The zero-order valence-corrected chi connectivity index (χ0v) is 19.4. The lowest BCUT2D eigenvalue weighted by atomic mass is 9.89. The molecule has 0 saturated carbocycles. The second-order valence-electron chi connectivity index (χ2n) is 9.22. The third-order valence-electron chi connectivity index (χ3n) is 6.09. The molecule has 31 heavy (non-hydrogen) atoms. The molecule has 1 amide bonds. The fourth-order valence-electron chi connectivity index (χ4n) is 4.41. The van der Waals surface area contributed by atoms with Crippen LogP contribution in [0.4, 0.5) is 0 Å². The monoisotopic (exact) mass is 442 g/mol. The summed E-state index contributed by atoms with van der Waals surface area (Å²) in [5, 5.41) is 3.13. The van der Waals surface area contributed by atoms with E-state index in [4.69, 9.17) is 4.74 Å². The van der Waals surface area contributed by atoms with Crippen LogP contribution in [0.3, 0.4) is 0 Å². The van der Waals surface area contributed by atoms with Crippen molar-refractivity contribution in [2.45, 2.75) is 63.5 Å². The van der Waals surface area contributed by atoms with Gasteiger partial charge in [0.25, 0.3) is 5.91 Å². The third kappa shape index (κ3) is 4.34. The lowest BCUT2D eigenvalue weighted by molar-refractivity contribution is 0.0619. The topological polar surface area (TPSA) is 75.7 Å². The van der Waals surface area contributed by atoms with Crippen LogP contribution in [-0.4, -0.2) is 37.3 Å². The van der Waals surface area contributed by atoms with E-state index < -0.39 is 15.6 Å². The van der Waals surface area contributed by atoms with Crippen molar-refractivity contribution < 1.29 is 17.9 Å². The lowest BCUT2D eigenvalue weighted by Gasteiger charge is -2.38. The minimum Gasteiger partial charge on any atom is -0.487 e. The average Bonchev–Trinajstić information content (AvgIpc) is 3.22. The maximum absolute atomic E-state index is 13.3. The second-order valence-corrected chi connectivity index (χ2v) is 11.2. The summed E-state index contributed by atoms with van der Waals surface area (Å²) in [6.45, 7) is 8.91. The molecular formula is C24H30N2O4S. The molecule has 2 aromatic rings. The number of aryl methyl sites for hydroxylation is 2. The SMILES string of the molecule is Cc1ccc2c(c1)OC(C)(C)CC2NC(=O)c1cc(S(=O)(=O)N2CCCC2)ccc1C. The van der Waals surface area contributed by atoms with Crippen LogP contribution in [0.25, 0.3) is 0 Å². The summed E-state index contributed by atoms with van der Waals surface area (Å²) < 4.78 is 33.6. The summed E-state index contributed by atoms with van der Waals surface area (Å²) in [6.07, 6.45) is 2.37. The zero-order valence-electron chi connectivity index (χ0n) is 18.6. The lowest BCUT2D eigenvalue weighted by Crippen LogP contribution is -2.41. The molecule has 1 saturated heterocycles. The Kier molecular flexibility index (Phi) is 5.60. The molecule has 0 aliphatic carbocycles. The van der Waals surface area contributed by atoms with Crippen LogP contribution in [-0.2, 0) is 10.0 Å². The van der Waals surface area contributed by atoms with E-state index in [0.717, 1.165) is 35.3 Å². The van der Waals surface area contributed by atoms with Crippen LogP contribution in [0.5, 0.6) is 5.75 Å². The van der Waals surface area contributed by atoms with E-state index in [9.17, 15) is 13.2 Å². The molecule has 1 N–H and O–H groups in total. The number of sulfonamides is 1. The molecule has 4 rings (SSSR count). The fourth-order valence-corrected chi connectivity index (χ4v) is 5.95. The van der Waals surface area contributed by atoms with Crippen LogP contribution >= 0.6 is 0 Å². The van der Waals surface area contributed by atoms with Gasteiger partial charge in [0.05, 0.1) is 10.9 Å². The molecule has 2 aromatic carbocycles. The van der Waals surface area contributed by atoms with Gasteiger partial charge in [-0.3, -0.25) is 4.79 Å². The number of hydrogen-bond donors (Lipinski definition) is 1. The fraction of sp³-hybridized carbons (Fsp3) is 0.458. The largest absolute Gasteiger partial charge is 0.487 e. The van der Waals surface area contributed by atoms with Gasteiger partial charge in [-0.15, -0.1) is 0 Å². The Hall–Kier alpha value is -2.38. The molecule has 0 spiro atoms. The van der Waals surface area contributed by atoms with E-state index in [1.165, 1.54) is 10.4 Å². The standard InChI is InChI=1S/C24H30N2O4S/c1-16-7-10-19-21(15-24(3,4)30-22(19)13-16)25-23(27)20-14-18(9-8-17(20)2)31(28,29)26-11-5-6-12-26/h7-10,13-14,21H,5-6,11-12,15H2,1-4H3,(H,25,27). The molecule has 2 aliphatic rings. The van der Waals surface area contributed by atoms with E-state index in [1.807, 2.05) is 45.9 Å². The van der Waals surface area contributed by atoms with E-state index >= 15 is 0 Å². The zero-order chi connectivity index (χ0) is 22.4. The van der Waals surface area contributed by atoms with Gasteiger partial charge in [0.1, 0.15) is 11.4 Å². The highest BCUT2D eigenvalue weighted by Crippen LogP contribution is 2.40. The van der Waals surface area contributed by atoms with E-state index in [0.29, 0.717) is 25.1 Å². The average molecular weight is 443 g/mol. The molecule has 2 aliphatic heterocycles. The highest BCUT2D eigenvalue weighted by molar-refractivity contribution is 7.89. The quantitative estimate of drug-likeness (QED) is 0.773. The van der Waals surface area contributed by atoms with Gasteiger partial charge in [-0.25, -0.2) is 8.42 Å². The Balaban J connectivity index is 1.63. The minimum absolute atomic E-state index is 0.175. The molecule has 1 fully saturated rings. The van der Waals surface area contributed by atoms with Crippen molar-refractivity contribution in [3.05, 3.63) is 58.7 Å². The van der Waals surface area contributed by atoms with Gasteiger partial charge >= 0.3 is 0 Å². The number of hydrogen-bond acceptors (Lipinski definition) is 4. The Labute approximate surface area is 184 Å². The van der Waals surface area contributed by atoms with Gasteiger partial charge in [0, 0.05) is 30.6 Å². The number of carbonyl (C=O) groups excluding carboxylic acids is 1. The van der Waals surface area contributed by atoms with Gasteiger partial charge in [-0.05, 0) is 69.9 Å². The van der Waals surface area contributed by atoms with Crippen LogP contribution in [0.15, 0.2) is 41.3 Å². The van der Waals surface area contributed by atoms with Crippen molar-refractivity contribution in [1.82, 2.24) is 9.62 Å². The van der Waals surface area contributed by atoms with Gasteiger partial charge in [0.15, 0.2) is 0 Å². The number of carbonyl (C=O) groups is 1. The number of fused-ring (bicyclic) bond motifs is 1. The normalized spacial score (nSPS) is 20.7. The molecule has 2 heterocycles. The van der Waals surface area contributed by atoms with Crippen molar-refractivity contribution >= 4 is 15.9 Å². The molecular weight excluding hydrogens is 412 g/mol. The van der Waals surface area contributed by atoms with Crippen molar-refractivity contribution in [3.63, 3.8) is 0 Å². The summed E-state index contributed by atoms with van der Waals surface area (Å²) in [4.78, 5) is 13.4. The molecule has 1 unspecified atom stereocenters. The van der Waals surface area contributed by atoms with E-state index in [1.54, 1.807) is 12.1 Å². The maximum Gasteiger partial charge on any atom is 0.252 e. The Morgan fingerprint density at radius 1 is 1.10 bits per heavy atom. The molecule has 0 radical (unpaired) electrons. The van der Waals surface area contributed by atoms with Crippen molar-refractivity contribution in [3.8, 4) is 5.75 Å². The van der Waals surface area contributed by atoms with Crippen molar-refractivity contribution in [1.29, 1.82) is 0 Å². The first-order chi connectivity index (χ1) is 14.6. The number of amides is 1. The Morgan fingerprint density at radius 2 is 1.81 bits per heavy atom. The van der Waals surface area contributed by atoms with Crippen LogP contribution in [0.2, 0.25) is 0 Å². The van der Waals surface area contributed by atoms with Crippen LogP contribution < -0.4 is 10.1 Å². The summed E-state index contributed by atoms with van der Waals surface area (Å²) in [7, 11) is -3.58. The van der Waals surface area contributed by atoms with Crippen molar-refractivity contribution in [2.24, 2.45) is 0 Å². The summed E-state index contributed by atoms with van der Waals surface area (Å²) >= 11 is 0. The van der Waals surface area contributed by atoms with E-state index in [2.05, 4.69) is 5.32 Å². The highest BCUT2D eigenvalue weighted by Gasteiger charge is 2.35. The number of benzene rings is 2. The Morgan fingerprint density at radius 3 is 2.52 bits per heavy atom. The number of rotatable bonds is 4. The molecule has 0 bridgehead atoms. The first kappa shape index (κ1) is 21.8. The van der Waals surface area contributed by atoms with Gasteiger partial charge in [0.2, 0.25) is 10.0 Å². The number of ether oxygens (including phenoxy) is 1. The van der Waals surface area contributed by atoms with Crippen LogP contribution in [0, 0.1) is 13.8 Å². The van der Waals surface area contributed by atoms with E-state index in [-0.39, 0.29) is 16.8 Å². The predicted octanol–water partition coefficient (Wildman–Crippen LogP) is 4.12. The number of nitrogens with zero attached hydrogens (tertiary/aromatic N) is 1. The molecule has 7 heteroatoms. The summed E-state index contributed by atoms with van der Waals surface area (Å²) in [5.74, 6) is 0.508. The first-order valence-electron chi connectivity index (χ1n) is 10.8. The number of nitrogens with one attached hydrogen (secondary N) is 1. The third-order valence-corrected chi connectivity index (χ3v) is 7.98. The highest BCUT2D eigenvalue weighted by atomic mass is 32.2. The molecule has 1 atom stereocenters. The summed E-state index contributed by atoms with van der Waals surface area (Å²) in [5.41, 5.74) is 2.75. The maximum atomic E-state index is 13.3. The van der Waals surface area contributed by atoms with Crippen molar-refractivity contribution in [2.75, 3.05) is 13.1 Å². The van der Waals surface area contributed by atoms with Crippen LogP contribution in [0.1, 0.15) is 66.2 Å². The second kappa shape index (κ2) is 7.95. The summed E-state index contributed by atoms with van der Waals surface area (Å²) in [6, 6.07) is 10.6. The molecule has 0 aromatic heterocycles. The molecule has 166 valence electrons. The Bertz CT molecular complexity index is 1120. The van der Waals surface area contributed by atoms with Gasteiger partial charge in [-0.1, -0.05) is 18.2 Å². The molecule has 6 nitrogen and oxygen atoms in total. The van der Waals surface area contributed by atoms with Gasteiger partial charge in [-0.2, -0.15) is 4.31 Å². The first-order valence-corrected chi connectivity index (χ1v) is 12.2.